The van der Waals surface area contributed by atoms with E-state index in [9.17, 15) is 4.79 Å². The SMILES string of the molecule is CCC(CC)CN(CC)CC(=O)c1cc(C)n(C)c1C. The van der Waals surface area contributed by atoms with Gasteiger partial charge in [-0.05, 0) is 32.4 Å². The van der Waals surface area contributed by atoms with Gasteiger partial charge >= 0.3 is 0 Å². The Morgan fingerprint density at radius 1 is 1.25 bits per heavy atom. The van der Waals surface area contributed by atoms with E-state index in [1.165, 1.54) is 12.8 Å². The number of ketones is 1. The molecule has 3 nitrogen and oxygen atoms in total. The number of carbonyl (C=O) groups is 1. The molecule has 1 aromatic rings. The summed E-state index contributed by atoms with van der Waals surface area (Å²) < 4.78 is 2.09. The van der Waals surface area contributed by atoms with E-state index in [1.807, 2.05) is 27.0 Å². The van der Waals surface area contributed by atoms with E-state index >= 15 is 0 Å². The third-order valence-electron chi connectivity index (χ3n) is 4.56. The largest absolute Gasteiger partial charge is 0.351 e. The van der Waals surface area contributed by atoms with Crippen molar-refractivity contribution in [1.29, 1.82) is 0 Å². The van der Waals surface area contributed by atoms with Gasteiger partial charge in [-0.3, -0.25) is 9.69 Å². The Balaban J connectivity index is 2.74. The quantitative estimate of drug-likeness (QED) is 0.679. The molecule has 0 saturated carbocycles. The molecule has 0 atom stereocenters. The molecule has 1 heterocycles. The lowest BCUT2D eigenvalue weighted by molar-refractivity contribution is 0.0920. The highest BCUT2D eigenvalue weighted by Crippen LogP contribution is 2.15. The van der Waals surface area contributed by atoms with Crippen LogP contribution in [0.5, 0.6) is 0 Å². The summed E-state index contributed by atoms with van der Waals surface area (Å²) in [6.07, 6.45) is 2.37. The smallest absolute Gasteiger partial charge is 0.178 e. The molecule has 1 aromatic heterocycles. The van der Waals surface area contributed by atoms with Gasteiger partial charge in [0.15, 0.2) is 5.78 Å². The summed E-state index contributed by atoms with van der Waals surface area (Å²) in [5.41, 5.74) is 3.10. The summed E-state index contributed by atoms with van der Waals surface area (Å²) >= 11 is 0. The van der Waals surface area contributed by atoms with Crippen molar-refractivity contribution in [3.63, 3.8) is 0 Å². The van der Waals surface area contributed by atoms with Crippen molar-refractivity contribution in [3.05, 3.63) is 23.0 Å². The van der Waals surface area contributed by atoms with E-state index in [-0.39, 0.29) is 5.78 Å². The van der Waals surface area contributed by atoms with Crippen molar-refractivity contribution >= 4 is 5.78 Å². The third-order valence-corrected chi connectivity index (χ3v) is 4.56. The van der Waals surface area contributed by atoms with Gasteiger partial charge in [0.2, 0.25) is 0 Å². The predicted molar refractivity (Wildman–Crippen MR) is 85.4 cm³/mol. The van der Waals surface area contributed by atoms with Crippen LogP contribution < -0.4 is 0 Å². The van der Waals surface area contributed by atoms with Gasteiger partial charge in [-0.2, -0.15) is 0 Å². The molecule has 0 saturated heterocycles. The number of aromatic nitrogens is 1. The monoisotopic (exact) mass is 278 g/mol. The van der Waals surface area contributed by atoms with Crippen molar-refractivity contribution in [2.24, 2.45) is 13.0 Å². The van der Waals surface area contributed by atoms with Gasteiger partial charge in [-0.15, -0.1) is 0 Å². The number of likely N-dealkylation sites (N-methyl/N-ethyl adjacent to an activating group) is 1. The Morgan fingerprint density at radius 3 is 2.25 bits per heavy atom. The first-order chi connectivity index (χ1) is 9.44. The average molecular weight is 278 g/mol. The number of nitrogens with zero attached hydrogens (tertiary/aromatic N) is 2. The average Bonchev–Trinajstić information content (AvgIpc) is 2.70. The van der Waals surface area contributed by atoms with Crippen molar-refractivity contribution < 1.29 is 4.79 Å². The minimum atomic E-state index is 0.249. The zero-order valence-corrected chi connectivity index (χ0v) is 14.0. The Hall–Kier alpha value is -1.09. The fourth-order valence-corrected chi connectivity index (χ4v) is 2.64. The lowest BCUT2D eigenvalue weighted by atomic mass is 10.0. The van der Waals surface area contributed by atoms with Crippen LogP contribution in [0.1, 0.15) is 55.4 Å². The number of rotatable bonds is 8. The van der Waals surface area contributed by atoms with Crippen molar-refractivity contribution in [3.8, 4) is 0 Å². The summed E-state index contributed by atoms with van der Waals surface area (Å²) in [4.78, 5) is 14.8. The summed E-state index contributed by atoms with van der Waals surface area (Å²) in [5, 5.41) is 0. The van der Waals surface area contributed by atoms with Gasteiger partial charge in [-0.1, -0.05) is 33.6 Å². The second-order valence-corrected chi connectivity index (χ2v) is 5.78. The summed E-state index contributed by atoms with van der Waals surface area (Å²) in [7, 11) is 2.02. The summed E-state index contributed by atoms with van der Waals surface area (Å²) in [5.74, 6) is 0.945. The second-order valence-electron chi connectivity index (χ2n) is 5.78. The number of Topliss-reactive ketones (excluding diaryl/α,β-unsaturated/α-hetero) is 1. The first kappa shape index (κ1) is 17.0. The minimum Gasteiger partial charge on any atom is -0.351 e. The summed E-state index contributed by atoms with van der Waals surface area (Å²) in [6.45, 7) is 13.2. The van der Waals surface area contributed by atoms with Crippen LogP contribution in [0.15, 0.2) is 6.07 Å². The van der Waals surface area contributed by atoms with Gasteiger partial charge in [0.1, 0.15) is 0 Å². The van der Waals surface area contributed by atoms with Crippen molar-refractivity contribution in [1.82, 2.24) is 9.47 Å². The fourth-order valence-electron chi connectivity index (χ4n) is 2.64. The maximum absolute atomic E-state index is 12.5. The molecule has 0 spiro atoms. The van der Waals surface area contributed by atoms with Crippen LogP contribution in [0.3, 0.4) is 0 Å². The van der Waals surface area contributed by atoms with Gasteiger partial charge in [-0.25, -0.2) is 0 Å². The lowest BCUT2D eigenvalue weighted by Gasteiger charge is -2.24. The maximum Gasteiger partial charge on any atom is 0.178 e. The zero-order valence-electron chi connectivity index (χ0n) is 14.0. The topological polar surface area (TPSA) is 25.2 Å². The van der Waals surface area contributed by atoms with Gasteiger partial charge < -0.3 is 4.57 Å². The van der Waals surface area contributed by atoms with E-state index in [0.29, 0.717) is 12.5 Å². The van der Waals surface area contributed by atoms with Crippen LogP contribution in [-0.2, 0) is 7.05 Å². The highest BCUT2D eigenvalue weighted by molar-refractivity contribution is 5.99. The Morgan fingerprint density at radius 2 is 1.85 bits per heavy atom. The molecule has 0 unspecified atom stereocenters. The minimum absolute atomic E-state index is 0.249. The molecule has 20 heavy (non-hydrogen) atoms. The number of carbonyl (C=O) groups excluding carboxylic acids is 1. The Labute approximate surface area is 124 Å². The normalized spacial score (nSPS) is 11.6. The molecule has 0 amide bonds. The molecule has 0 fully saturated rings. The highest BCUT2D eigenvalue weighted by atomic mass is 16.1. The number of hydrogen-bond acceptors (Lipinski definition) is 2. The number of hydrogen-bond donors (Lipinski definition) is 0. The molecule has 0 aromatic carbocycles. The van der Waals surface area contributed by atoms with Crippen LogP contribution in [0.2, 0.25) is 0 Å². The van der Waals surface area contributed by atoms with Crippen LogP contribution in [-0.4, -0.2) is 34.9 Å². The molecule has 0 aliphatic heterocycles. The van der Waals surface area contributed by atoms with E-state index in [0.717, 1.165) is 30.0 Å². The standard InChI is InChI=1S/C17H30N2O/c1-7-15(8-2)11-19(9-3)12-17(20)16-10-13(4)18(6)14(16)5/h10,15H,7-9,11-12H2,1-6H3. The third kappa shape index (κ3) is 3.95. The molecular formula is C17H30N2O. The molecule has 0 radical (unpaired) electrons. The van der Waals surface area contributed by atoms with Crippen LogP contribution in [0.25, 0.3) is 0 Å². The molecule has 3 heteroatoms. The molecule has 0 aliphatic carbocycles. The van der Waals surface area contributed by atoms with Gasteiger partial charge in [0.05, 0.1) is 6.54 Å². The molecule has 1 rings (SSSR count). The van der Waals surface area contributed by atoms with Gasteiger partial charge in [0.25, 0.3) is 0 Å². The van der Waals surface area contributed by atoms with Gasteiger partial charge in [0, 0.05) is 30.5 Å². The zero-order chi connectivity index (χ0) is 15.3. The van der Waals surface area contributed by atoms with Crippen molar-refractivity contribution in [2.45, 2.75) is 47.5 Å². The fraction of sp³-hybridized carbons (Fsp3) is 0.706. The Bertz CT molecular complexity index is 444. The molecule has 0 aliphatic rings. The van der Waals surface area contributed by atoms with E-state index in [4.69, 9.17) is 0 Å². The molecule has 0 N–H and O–H groups in total. The summed E-state index contributed by atoms with van der Waals surface area (Å²) in [6, 6.07) is 2.02. The van der Waals surface area contributed by atoms with E-state index < -0.39 is 0 Å². The van der Waals surface area contributed by atoms with Crippen molar-refractivity contribution in [2.75, 3.05) is 19.6 Å². The second kappa shape index (κ2) is 7.63. The van der Waals surface area contributed by atoms with E-state index in [2.05, 4.69) is 30.2 Å². The Kier molecular flexibility index (Phi) is 6.47. The first-order valence-electron chi connectivity index (χ1n) is 7.82. The van der Waals surface area contributed by atoms with Crippen LogP contribution in [0.4, 0.5) is 0 Å². The lowest BCUT2D eigenvalue weighted by Crippen LogP contribution is -2.34. The molecular weight excluding hydrogens is 248 g/mol. The maximum atomic E-state index is 12.5. The number of aryl methyl sites for hydroxylation is 1. The van der Waals surface area contributed by atoms with E-state index in [1.54, 1.807) is 0 Å². The predicted octanol–water partition coefficient (Wildman–Crippen LogP) is 3.58. The van der Waals surface area contributed by atoms with Crippen LogP contribution in [0, 0.1) is 19.8 Å². The molecule has 114 valence electrons. The van der Waals surface area contributed by atoms with Crippen LogP contribution >= 0.6 is 0 Å². The molecule has 0 bridgehead atoms. The first-order valence-corrected chi connectivity index (χ1v) is 7.82. The highest BCUT2D eigenvalue weighted by Gasteiger charge is 2.18.